The molecule has 6 rings (SSSR count). The molecule has 1 aliphatic rings. The second-order valence-electron chi connectivity index (χ2n) is 11.3. The number of hydrogen-bond donors (Lipinski definition) is 0. The molecule has 0 saturated carbocycles. The summed E-state index contributed by atoms with van der Waals surface area (Å²) in [6.07, 6.45) is -8.88. The van der Waals surface area contributed by atoms with E-state index in [-0.39, 0.29) is 23.5 Å². The monoisotopic (exact) mass is 764 g/mol. The van der Waals surface area contributed by atoms with E-state index in [2.05, 4.69) is 42.5 Å². The number of benzene rings is 4. The van der Waals surface area contributed by atoms with Gasteiger partial charge >= 0.3 is 50.2 Å². The Labute approximate surface area is 287 Å². The van der Waals surface area contributed by atoms with E-state index in [1.54, 1.807) is 6.07 Å². The largest absolute Gasteiger partial charge is 0.184 e. The minimum atomic E-state index is -4.88. The van der Waals surface area contributed by atoms with Gasteiger partial charge in [0.1, 0.15) is 0 Å². The Morgan fingerprint density at radius 1 is 0.826 bits per heavy atom. The fraction of sp³-hybridized carbons (Fsp3) is 0.250. The Balaban J connectivity index is 0.000000245. The van der Waals surface area contributed by atoms with E-state index in [0.717, 1.165) is 44.6 Å². The van der Waals surface area contributed by atoms with Crippen molar-refractivity contribution in [2.75, 3.05) is 0 Å². The van der Waals surface area contributed by atoms with Crippen molar-refractivity contribution in [2.45, 2.75) is 58.3 Å². The van der Waals surface area contributed by atoms with Gasteiger partial charge in [0, 0.05) is 0 Å². The zero-order chi connectivity index (χ0) is 33.8. The van der Waals surface area contributed by atoms with Gasteiger partial charge in [-0.1, -0.05) is 80.3 Å². The third-order valence-electron chi connectivity index (χ3n) is 7.96. The van der Waals surface area contributed by atoms with Gasteiger partial charge in [-0.05, 0) is 35.6 Å². The first kappa shape index (κ1) is 36.6. The fourth-order valence-electron chi connectivity index (χ4n) is 5.47. The molecule has 1 unspecified atom stereocenters. The van der Waals surface area contributed by atoms with Gasteiger partial charge in [0.05, 0.1) is 20.6 Å². The molecular formula is C36H30Cl2F6SiZr. The average molecular weight is 767 g/mol. The smallest absolute Gasteiger partial charge is 0.0920 e. The van der Waals surface area contributed by atoms with Gasteiger partial charge in [0.25, 0.3) is 0 Å². The standard InChI is InChI=1S/C24H23F6.C12H7Si.2ClH.Zr/c1-5-14(4)16-8-15-6-7-20(13(2)3)22(21(15)11-16)17-9-18(23(25,26)27)12-19(10-17)24(28,29)30;1-3-7-11-9(5-1)10-6-2-4-8-12(10)13-11;;;/h6-14H,5H2,1-4H3;1-7H;2*1H;/q2*-1;;;+4/p-2. The number of halogens is 8. The predicted octanol–water partition coefficient (Wildman–Crippen LogP) is 11.4. The molecule has 0 bridgehead atoms. The first-order valence-corrected chi connectivity index (χ1v) is 21.9. The normalized spacial score (nSPS) is 12.8. The van der Waals surface area contributed by atoms with Crippen molar-refractivity contribution in [1.82, 2.24) is 0 Å². The first-order valence-electron chi connectivity index (χ1n) is 14.6. The SMILES string of the molecule is CCC(C)c1cc2c(-c3cc(C(F)(F)F)cc(C(F)(F)F)c3)c(C(C)C)ccc2[cH-]1.[Cl][Zr+2][Cl].[c-]1cccc2c1[Si]c1ccccc1-2. The van der Waals surface area contributed by atoms with Crippen molar-refractivity contribution in [3.05, 3.63) is 113 Å². The van der Waals surface area contributed by atoms with Crippen LogP contribution >= 0.6 is 17.0 Å². The van der Waals surface area contributed by atoms with Gasteiger partial charge in [-0.2, -0.15) is 61.9 Å². The van der Waals surface area contributed by atoms with Crippen molar-refractivity contribution in [1.29, 1.82) is 0 Å². The molecule has 0 amide bonds. The maximum absolute atomic E-state index is 13.4. The maximum Gasteiger partial charge on any atom is 0.0920 e. The molecule has 1 heterocycles. The van der Waals surface area contributed by atoms with Gasteiger partial charge in [-0.25, -0.2) is 0 Å². The fourth-order valence-corrected chi connectivity index (χ4v) is 6.78. The minimum Gasteiger partial charge on any atom is -0.184 e. The number of hydrogen-bond acceptors (Lipinski definition) is 0. The molecule has 0 nitrogen and oxygen atoms in total. The molecule has 0 spiro atoms. The summed E-state index contributed by atoms with van der Waals surface area (Å²) in [6, 6.07) is 27.6. The third kappa shape index (κ3) is 8.42. The summed E-state index contributed by atoms with van der Waals surface area (Å²) in [5.41, 5.74) is 2.29. The van der Waals surface area contributed by atoms with E-state index in [0.29, 0.717) is 10.9 Å². The van der Waals surface area contributed by atoms with Crippen LogP contribution in [0.4, 0.5) is 26.3 Å². The van der Waals surface area contributed by atoms with Gasteiger partial charge in [-0.3, -0.25) is 0 Å². The molecule has 0 aromatic heterocycles. The van der Waals surface area contributed by atoms with E-state index >= 15 is 0 Å². The van der Waals surface area contributed by atoms with Crippen LogP contribution in [0.5, 0.6) is 0 Å². The Kier molecular flexibility index (Phi) is 12.2. The van der Waals surface area contributed by atoms with Crippen molar-refractivity contribution in [2.24, 2.45) is 0 Å². The second-order valence-corrected chi connectivity index (χ2v) is 16.3. The predicted molar refractivity (Wildman–Crippen MR) is 175 cm³/mol. The van der Waals surface area contributed by atoms with Crippen molar-refractivity contribution >= 4 is 47.7 Å². The number of fused-ring (bicyclic) bond motifs is 4. The Hall–Kier alpha value is -2.25. The van der Waals surface area contributed by atoms with E-state index < -0.39 is 44.3 Å². The summed E-state index contributed by atoms with van der Waals surface area (Å²) in [5, 5.41) is 4.32. The third-order valence-corrected chi connectivity index (χ3v) is 9.33. The molecule has 5 aromatic rings. The molecule has 1 atom stereocenters. The molecule has 0 fully saturated rings. The molecule has 238 valence electrons. The van der Waals surface area contributed by atoms with E-state index in [9.17, 15) is 26.3 Å². The summed E-state index contributed by atoms with van der Waals surface area (Å²) in [6.45, 7) is 7.83. The molecule has 10 heteroatoms. The molecule has 0 aliphatic carbocycles. The molecule has 2 radical (unpaired) electrons. The van der Waals surface area contributed by atoms with Crippen LogP contribution in [0.2, 0.25) is 0 Å². The minimum absolute atomic E-state index is 0.0623. The van der Waals surface area contributed by atoms with Crippen LogP contribution in [0, 0.1) is 6.07 Å². The number of rotatable bonds is 4. The van der Waals surface area contributed by atoms with Gasteiger partial charge in [0.15, 0.2) is 0 Å². The van der Waals surface area contributed by atoms with Crippen LogP contribution in [0.3, 0.4) is 0 Å². The van der Waals surface area contributed by atoms with Crippen molar-refractivity contribution in [3.63, 3.8) is 0 Å². The average Bonchev–Trinajstić information content (AvgIpc) is 3.61. The molecule has 0 saturated heterocycles. The molecular weight excluding hydrogens is 737 g/mol. The zero-order valence-electron chi connectivity index (χ0n) is 25.5. The Morgan fingerprint density at radius 3 is 2.02 bits per heavy atom. The van der Waals surface area contributed by atoms with E-state index in [1.165, 1.54) is 21.5 Å². The first-order chi connectivity index (χ1) is 21.7. The van der Waals surface area contributed by atoms with Crippen LogP contribution in [-0.4, -0.2) is 9.52 Å². The number of alkyl halides is 6. The molecule has 0 N–H and O–H groups in total. The van der Waals surface area contributed by atoms with Gasteiger partial charge < -0.3 is 0 Å². The molecule has 46 heavy (non-hydrogen) atoms. The topological polar surface area (TPSA) is 0 Å². The maximum atomic E-state index is 13.4. The summed E-state index contributed by atoms with van der Waals surface area (Å²) >= 11 is -0.826. The summed E-state index contributed by atoms with van der Waals surface area (Å²) in [5.74, 6) is 0.162. The zero-order valence-corrected chi connectivity index (χ0v) is 30.4. The van der Waals surface area contributed by atoms with E-state index in [1.807, 2.05) is 52.0 Å². The van der Waals surface area contributed by atoms with Crippen LogP contribution in [-0.2, 0) is 33.2 Å². The van der Waals surface area contributed by atoms with Crippen molar-refractivity contribution < 1.29 is 47.2 Å². The molecule has 5 aromatic carbocycles. The Bertz CT molecular complexity index is 1720. The summed E-state index contributed by atoms with van der Waals surface area (Å²) in [4.78, 5) is 0. The van der Waals surface area contributed by atoms with Crippen LogP contribution in [0.1, 0.15) is 68.2 Å². The van der Waals surface area contributed by atoms with Crippen molar-refractivity contribution in [3.8, 4) is 22.3 Å². The van der Waals surface area contributed by atoms with E-state index in [4.69, 9.17) is 17.0 Å². The summed E-state index contributed by atoms with van der Waals surface area (Å²) in [7, 11) is 10.7. The van der Waals surface area contributed by atoms with Gasteiger partial charge in [0.2, 0.25) is 0 Å². The Morgan fingerprint density at radius 2 is 1.43 bits per heavy atom. The van der Waals surface area contributed by atoms with Crippen LogP contribution in [0.25, 0.3) is 33.0 Å². The molecule has 1 aliphatic heterocycles. The quantitative estimate of drug-likeness (QED) is 0.0952. The van der Waals surface area contributed by atoms with Crippen LogP contribution in [0.15, 0.2) is 84.9 Å². The second kappa shape index (κ2) is 15.3. The van der Waals surface area contributed by atoms with Gasteiger partial charge in [-0.15, -0.1) is 40.1 Å². The van der Waals surface area contributed by atoms with Crippen LogP contribution < -0.4 is 10.4 Å². The summed E-state index contributed by atoms with van der Waals surface area (Å²) < 4.78 is 80.5.